The molecule has 36 heavy (non-hydrogen) atoms. The van der Waals surface area contributed by atoms with E-state index < -0.39 is 40.8 Å². The van der Waals surface area contributed by atoms with Crippen LogP contribution in [0.1, 0.15) is 35.4 Å². The molecule has 3 aromatic rings. The van der Waals surface area contributed by atoms with E-state index in [4.69, 9.17) is 9.15 Å². The molecule has 1 unspecified atom stereocenters. The highest BCUT2D eigenvalue weighted by molar-refractivity contribution is 5.50. The zero-order valence-electron chi connectivity index (χ0n) is 18.6. The Morgan fingerprint density at radius 3 is 2.56 bits per heavy atom. The molecular formula is C20H19F6N7O3. The average Bonchev–Trinajstić information content (AvgIpc) is 3.19. The first kappa shape index (κ1) is 25.4. The molecule has 1 aliphatic heterocycles. The summed E-state index contributed by atoms with van der Waals surface area (Å²) in [5.41, 5.74) is -3.50. The molecule has 1 atom stereocenters. The minimum absolute atomic E-state index is 0.0390. The first-order valence-electron chi connectivity index (χ1n) is 10.5. The van der Waals surface area contributed by atoms with Gasteiger partial charge in [-0.3, -0.25) is 4.79 Å². The van der Waals surface area contributed by atoms with Crippen LogP contribution in [0.3, 0.4) is 0 Å². The van der Waals surface area contributed by atoms with Gasteiger partial charge in [-0.05, 0) is 6.92 Å². The van der Waals surface area contributed by atoms with Gasteiger partial charge in [-0.25, -0.2) is 20.1 Å². The third-order valence-corrected chi connectivity index (χ3v) is 5.16. The maximum absolute atomic E-state index is 13.2. The largest absolute Gasteiger partial charge is 0.441 e. The first-order chi connectivity index (χ1) is 16.9. The summed E-state index contributed by atoms with van der Waals surface area (Å²) in [6.07, 6.45) is -6.66. The topological polar surface area (TPSA) is 122 Å². The van der Waals surface area contributed by atoms with Gasteiger partial charge in [0.05, 0.1) is 36.3 Å². The van der Waals surface area contributed by atoms with Crippen LogP contribution in [0.5, 0.6) is 0 Å². The summed E-state index contributed by atoms with van der Waals surface area (Å²) in [6.45, 7) is 2.06. The van der Waals surface area contributed by atoms with Crippen LogP contribution in [-0.4, -0.2) is 44.3 Å². The number of nitrogens with zero attached hydrogens (tertiary/aromatic N) is 5. The number of nitrogens with one attached hydrogen (secondary N) is 2. The van der Waals surface area contributed by atoms with E-state index in [0.717, 1.165) is 6.20 Å². The fourth-order valence-corrected chi connectivity index (χ4v) is 3.53. The van der Waals surface area contributed by atoms with Crippen molar-refractivity contribution in [2.75, 3.05) is 23.4 Å². The molecule has 0 aromatic carbocycles. The number of aromatic amines is 1. The van der Waals surface area contributed by atoms with Crippen LogP contribution in [0.4, 0.5) is 38.0 Å². The number of H-pyrrole nitrogens is 1. The molecule has 3 aromatic heterocycles. The van der Waals surface area contributed by atoms with Crippen LogP contribution in [0.15, 0.2) is 27.8 Å². The molecule has 4 rings (SSSR count). The van der Waals surface area contributed by atoms with Crippen LogP contribution in [-0.2, 0) is 36.7 Å². The second kappa shape index (κ2) is 9.75. The second-order valence-electron chi connectivity index (χ2n) is 7.96. The van der Waals surface area contributed by atoms with Gasteiger partial charge < -0.3 is 19.4 Å². The Labute approximate surface area is 198 Å². The minimum Gasteiger partial charge on any atom is -0.441 e. The molecule has 0 fully saturated rings. The monoisotopic (exact) mass is 519 g/mol. The van der Waals surface area contributed by atoms with Crippen LogP contribution < -0.4 is 15.8 Å². The van der Waals surface area contributed by atoms with E-state index in [9.17, 15) is 31.1 Å². The summed E-state index contributed by atoms with van der Waals surface area (Å²) < 4.78 is 88.7. The van der Waals surface area contributed by atoms with Crippen molar-refractivity contribution in [2.45, 2.75) is 44.9 Å². The molecule has 0 saturated heterocycles. The SMILES string of the molecule is CC(COCc1nc2c(o1)CN(c1ncc(C(F)(F)F)cn1)CC2)Nc1cn[nH]c(=O)c1C(F)(F)F. The van der Waals surface area contributed by atoms with Crippen LogP contribution in [0, 0.1) is 0 Å². The zero-order chi connectivity index (χ0) is 26.1. The lowest BCUT2D eigenvalue weighted by atomic mass is 10.2. The van der Waals surface area contributed by atoms with E-state index in [-0.39, 0.29) is 31.6 Å². The molecule has 2 N–H and O–H groups in total. The molecule has 194 valence electrons. The Balaban J connectivity index is 1.32. The van der Waals surface area contributed by atoms with Crippen molar-refractivity contribution >= 4 is 11.6 Å². The van der Waals surface area contributed by atoms with E-state index in [1.54, 1.807) is 16.9 Å². The van der Waals surface area contributed by atoms with Gasteiger partial charge in [0, 0.05) is 31.4 Å². The molecule has 0 bridgehead atoms. The quantitative estimate of drug-likeness (QED) is 0.454. The smallest absolute Gasteiger partial charge is 0.423 e. The maximum Gasteiger partial charge on any atom is 0.423 e. The minimum atomic E-state index is -4.87. The summed E-state index contributed by atoms with van der Waals surface area (Å²) >= 11 is 0. The highest BCUT2D eigenvalue weighted by Gasteiger charge is 2.37. The highest BCUT2D eigenvalue weighted by atomic mass is 19.4. The number of hydrogen-bond donors (Lipinski definition) is 2. The van der Waals surface area contributed by atoms with E-state index >= 15 is 0 Å². The fraction of sp³-hybridized carbons (Fsp3) is 0.450. The first-order valence-corrected chi connectivity index (χ1v) is 10.5. The van der Waals surface area contributed by atoms with Crippen molar-refractivity contribution in [3.8, 4) is 0 Å². The molecule has 1 aliphatic rings. The maximum atomic E-state index is 13.2. The van der Waals surface area contributed by atoms with E-state index in [2.05, 4.69) is 25.4 Å². The Bertz CT molecular complexity index is 1260. The third-order valence-electron chi connectivity index (χ3n) is 5.16. The van der Waals surface area contributed by atoms with Gasteiger partial charge in [0.15, 0.2) is 0 Å². The number of hydrogen-bond acceptors (Lipinski definition) is 9. The van der Waals surface area contributed by atoms with Crippen molar-refractivity contribution < 1.29 is 35.5 Å². The second-order valence-corrected chi connectivity index (χ2v) is 7.96. The lowest BCUT2D eigenvalue weighted by Crippen LogP contribution is -2.31. The average molecular weight is 519 g/mol. The van der Waals surface area contributed by atoms with Crippen molar-refractivity contribution in [1.82, 2.24) is 25.1 Å². The molecule has 0 aliphatic carbocycles. The van der Waals surface area contributed by atoms with Gasteiger partial charge in [0.1, 0.15) is 17.9 Å². The molecule has 4 heterocycles. The standard InChI is InChI=1S/C20H19F6N7O3/c1-10(30-13-6-29-32-17(34)16(13)20(24,25)26)8-35-9-15-31-12-2-3-33(7-14(12)36-15)18-27-4-11(5-28-18)19(21,22)23/h4-6,10H,2-3,7-9H2,1H3,(H2,30,32,34). The van der Waals surface area contributed by atoms with Crippen LogP contribution in [0.2, 0.25) is 0 Å². The number of oxazole rings is 1. The highest BCUT2D eigenvalue weighted by Crippen LogP contribution is 2.32. The zero-order valence-corrected chi connectivity index (χ0v) is 18.6. The van der Waals surface area contributed by atoms with Gasteiger partial charge in [-0.15, -0.1) is 0 Å². The fourth-order valence-electron chi connectivity index (χ4n) is 3.53. The molecule has 0 amide bonds. The lowest BCUT2D eigenvalue weighted by Gasteiger charge is -2.25. The van der Waals surface area contributed by atoms with E-state index in [1.165, 1.54) is 0 Å². The number of aromatic nitrogens is 5. The summed E-state index contributed by atoms with van der Waals surface area (Å²) in [4.78, 5) is 25.1. The number of rotatable bonds is 7. The van der Waals surface area contributed by atoms with Gasteiger partial charge in [-0.1, -0.05) is 0 Å². The Kier molecular flexibility index (Phi) is 6.88. The summed E-state index contributed by atoms with van der Waals surface area (Å²) in [5, 5.41) is 7.71. The molecule has 0 saturated carbocycles. The number of ether oxygens (including phenoxy) is 1. The molecule has 0 spiro atoms. The number of fused-ring (bicyclic) bond motifs is 1. The molecule has 16 heteroatoms. The normalized spacial score (nSPS) is 15.0. The summed E-state index contributed by atoms with van der Waals surface area (Å²) in [6, 6.07) is -0.619. The molecule has 10 nitrogen and oxygen atoms in total. The Morgan fingerprint density at radius 1 is 1.17 bits per heavy atom. The van der Waals surface area contributed by atoms with Crippen molar-refractivity contribution in [3.63, 3.8) is 0 Å². The van der Waals surface area contributed by atoms with Crippen LogP contribution in [0.25, 0.3) is 0 Å². The predicted octanol–water partition coefficient (Wildman–Crippen LogP) is 3.17. The number of anilines is 2. The van der Waals surface area contributed by atoms with Gasteiger partial charge >= 0.3 is 12.4 Å². The van der Waals surface area contributed by atoms with Crippen molar-refractivity contribution in [1.29, 1.82) is 0 Å². The summed E-state index contributed by atoms with van der Waals surface area (Å²) in [7, 11) is 0. The van der Waals surface area contributed by atoms with E-state index in [0.29, 0.717) is 36.8 Å². The van der Waals surface area contributed by atoms with Gasteiger partial charge in [0.25, 0.3) is 5.56 Å². The Morgan fingerprint density at radius 2 is 1.89 bits per heavy atom. The summed E-state index contributed by atoms with van der Waals surface area (Å²) in [5.74, 6) is 0.838. The molecular weight excluding hydrogens is 500 g/mol. The van der Waals surface area contributed by atoms with Gasteiger partial charge in [-0.2, -0.15) is 31.4 Å². The van der Waals surface area contributed by atoms with Crippen LogP contribution >= 0.6 is 0 Å². The van der Waals surface area contributed by atoms with Crippen molar-refractivity contribution in [2.24, 2.45) is 0 Å². The third kappa shape index (κ3) is 5.75. The van der Waals surface area contributed by atoms with E-state index in [1.807, 2.05) is 0 Å². The Hall–Kier alpha value is -3.69. The lowest BCUT2D eigenvalue weighted by molar-refractivity contribution is -0.139. The van der Waals surface area contributed by atoms with Crippen molar-refractivity contribution in [3.05, 3.63) is 57.4 Å². The number of alkyl halides is 6. The predicted molar refractivity (Wildman–Crippen MR) is 111 cm³/mol. The number of halogens is 6. The van der Waals surface area contributed by atoms with Gasteiger partial charge in [0.2, 0.25) is 11.8 Å². The molecule has 0 radical (unpaired) electrons.